The van der Waals surface area contributed by atoms with Crippen molar-refractivity contribution in [2.75, 3.05) is 19.0 Å². The number of benzene rings is 1. The minimum Gasteiger partial charge on any atom is -0.497 e. The standard InChI is InChI=1S/C14H13N3O3S2/c1-3-20-12(18)10-7-21-13(16-10)17-14-15-9-6-8(19-2)4-5-11(9)22-14/h4-7H,3H2,1-2H3,(H,15,16,17). The molecule has 0 radical (unpaired) electrons. The number of carbonyl (C=O) groups is 1. The third-order valence-corrected chi connectivity index (χ3v) is 4.51. The molecule has 0 saturated carbocycles. The highest BCUT2D eigenvalue weighted by atomic mass is 32.1. The van der Waals surface area contributed by atoms with Crippen molar-refractivity contribution in [2.45, 2.75) is 6.92 Å². The predicted octanol–water partition coefficient (Wildman–Crippen LogP) is 3.68. The Bertz CT molecular complexity index is 813. The second kappa shape index (κ2) is 6.29. The zero-order valence-electron chi connectivity index (χ0n) is 12.0. The molecule has 0 fully saturated rings. The number of thiazole rings is 2. The van der Waals surface area contributed by atoms with Crippen LogP contribution >= 0.6 is 22.7 Å². The van der Waals surface area contributed by atoms with Gasteiger partial charge in [-0.3, -0.25) is 0 Å². The van der Waals surface area contributed by atoms with Crippen LogP contribution in [0, 0.1) is 0 Å². The normalized spacial score (nSPS) is 10.6. The summed E-state index contributed by atoms with van der Waals surface area (Å²) in [4.78, 5) is 20.3. The number of anilines is 2. The van der Waals surface area contributed by atoms with Gasteiger partial charge >= 0.3 is 5.97 Å². The van der Waals surface area contributed by atoms with E-state index in [1.807, 2.05) is 18.2 Å². The Balaban J connectivity index is 1.79. The molecule has 114 valence electrons. The van der Waals surface area contributed by atoms with E-state index >= 15 is 0 Å². The first-order valence-corrected chi connectivity index (χ1v) is 8.23. The van der Waals surface area contributed by atoms with E-state index < -0.39 is 5.97 Å². The summed E-state index contributed by atoms with van der Waals surface area (Å²) in [6.07, 6.45) is 0. The lowest BCUT2D eigenvalue weighted by molar-refractivity contribution is 0.0520. The van der Waals surface area contributed by atoms with Crippen LogP contribution in [-0.4, -0.2) is 29.7 Å². The third-order valence-electron chi connectivity index (χ3n) is 2.80. The molecule has 3 aromatic rings. The summed E-state index contributed by atoms with van der Waals surface area (Å²) < 4.78 is 11.1. The lowest BCUT2D eigenvalue weighted by Gasteiger charge is -1.97. The summed E-state index contributed by atoms with van der Waals surface area (Å²) in [5.41, 5.74) is 1.16. The summed E-state index contributed by atoms with van der Waals surface area (Å²) in [6.45, 7) is 2.09. The highest BCUT2D eigenvalue weighted by Gasteiger charge is 2.13. The average Bonchev–Trinajstić information content (AvgIpc) is 3.13. The molecule has 6 nitrogen and oxygen atoms in total. The zero-order chi connectivity index (χ0) is 15.5. The van der Waals surface area contributed by atoms with E-state index in [1.165, 1.54) is 22.7 Å². The molecule has 0 aliphatic carbocycles. The van der Waals surface area contributed by atoms with Gasteiger partial charge in [-0.25, -0.2) is 14.8 Å². The third kappa shape index (κ3) is 3.02. The van der Waals surface area contributed by atoms with Crippen molar-refractivity contribution in [3.63, 3.8) is 0 Å². The Kier molecular flexibility index (Phi) is 4.21. The number of rotatable bonds is 5. The molecule has 2 aromatic heterocycles. The lowest BCUT2D eigenvalue weighted by atomic mass is 10.3. The van der Waals surface area contributed by atoms with E-state index in [0.29, 0.717) is 22.6 Å². The van der Waals surface area contributed by atoms with Crippen molar-refractivity contribution in [3.8, 4) is 5.75 Å². The first kappa shape index (κ1) is 14.7. The molecule has 0 spiro atoms. The van der Waals surface area contributed by atoms with E-state index in [9.17, 15) is 4.79 Å². The first-order chi connectivity index (χ1) is 10.7. The topological polar surface area (TPSA) is 73.3 Å². The van der Waals surface area contributed by atoms with E-state index in [2.05, 4.69) is 15.3 Å². The van der Waals surface area contributed by atoms with E-state index in [-0.39, 0.29) is 0 Å². The summed E-state index contributed by atoms with van der Waals surface area (Å²) >= 11 is 2.85. The monoisotopic (exact) mass is 335 g/mol. The fourth-order valence-electron chi connectivity index (χ4n) is 1.81. The molecule has 0 aliphatic heterocycles. The van der Waals surface area contributed by atoms with Crippen molar-refractivity contribution < 1.29 is 14.3 Å². The highest BCUT2D eigenvalue weighted by molar-refractivity contribution is 7.22. The van der Waals surface area contributed by atoms with Crippen LogP contribution in [0.1, 0.15) is 17.4 Å². The molecule has 1 aromatic carbocycles. The van der Waals surface area contributed by atoms with Crippen LogP contribution in [0.4, 0.5) is 10.3 Å². The molecule has 0 unspecified atom stereocenters. The smallest absolute Gasteiger partial charge is 0.357 e. The van der Waals surface area contributed by atoms with Gasteiger partial charge in [-0.05, 0) is 19.1 Å². The number of methoxy groups -OCH3 is 1. The molecular weight excluding hydrogens is 322 g/mol. The fraction of sp³-hybridized carbons (Fsp3) is 0.214. The van der Waals surface area contributed by atoms with Crippen LogP contribution in [0.5, 0.6) is 5.75 Å². The van der Waals surface area contributed by atoms with Crippen molar-refractivity contribution in [3.05, 3.63) is 29.3 Å². The summed E-state index contributed by atoms with van der Waals surface area (Å²) in [5, 5.41) is 6.10. The number of aromatic nitrogens is 2. The largest absolute Gasteiger partial charge is 0.497 e. The molecule has 2 heterocycles. The van der Waals surface area contributed by atoms with Crippen LogP contribution in [-0.2, 0) is 4.74 Å². The van der Waals surface area contributed by atoms with Crippen LogP contribution in [0.25, 0.3) is 10.2 Å². The predicted molar refractivity (Wildman–Crippen MR) is 87.5 cm³/mol. The van der Waals surface area contributed by atoms with Crippen LogP contribution in [0.15, 0.2) is 23.6 Å². The van der Waals surface area contributed by atoms with Crippen LogP contribution in [0.2, 0.25) is 0 Å². The first-order valence-electron chi connectivity index (χ1n) is 6.54. The molecule has 1 N–H and O–H groups in total. The Morgan fingerprint density at radius 3 is 2.95 bits per heavy atom. The molecule has 0 atom stereocenters. The lowest BCUT2D eigenvalue weighted by Crippen LogP contribution is -2.04. The van der Waals surface area contributed by atoms with Gasteiger partial charge in [0.15, 0.2) is 16.0 Å². The van der Waals surface area contributed by atoms with Gasteiger partial charge in [0.05, 0.1) is 23.9 Å². The summed E-state index contributed by atoms with van der Waals surface area (Å²) in [7, 11) is 1.62. The van der Waals surface area contributed by atoms with Gasteiger partial charge in [0, 0.05) is 11.4 Å². The maximum absolute atomic E-state index is 11.6. The van der Waals surface area contributed by atoms with E-state index in [0.717, 1.165) is 16.0 Å². The molecule has 0 saturated heterocycles. The molecule has 0 aliphatic rings. The molecule has 0 bridgehead atoms. The minimum atomic E-state index is -0.416. The minimum absolute atomic E-state index is 0.303. The number of carbonyl (C=O) groups excluding carboxylic acids is 1. The Hall–Kier alpha value is -2.19. The average molecular weight is 335 g/mol. The highest BCUT2D eigenvalue weighted by Crippen LogP contribution is 2.31. The van der Waals surface area contributed by atoms with Gasteiger partial charge in [0.25, 0.3) is 0 Å². The Labute approximate surface area is 134 Å². The molecule has 3 rings (SSSR count). The number of fused-ring (bicyclic) bond motifs is 1. The number of hydrogen-bond donors (Lipinski definition) is 1. The number of ether oxygens (including phenoxy) is 2. The van der Waals surface area contributed by atoms with E-state index in [4.69, 9.17) is 9.47 Å². The molecule has 0 amide bonds. The van der Waals surface area contributed by atoms with Gasteiger partial charge in [-0.1, -0.05) is 11.3 Å². The summed E-state index contributed by atoms with van der Waals surface area (Å²) in [6, 6.07) is 5.73. The second-order valence-electron chi connectivity index (χ2n) is 4.24. The zero-order valence-corrected chi connectivity index (χ0v) is 13.6. The SMILES string of the molecule is CCOC(=O)c1csc(Nc2nc3cc(OC)ccc3s2)n1. The van der Waals surface area contributed by atoms with Gasteiger partial charge in [0.2, 0.25) is 0 Å². The van der Waals surface area contributed by atoms with Gasteiger partial charge < -0.3 is 14.8 Å². The molecule has 22 heavy (non-hydrogen) atoms. The van der Waals surface area contributed by atoms with Gasteiger partial charge in [0.1, 0.15) is 5.75 Å². The molecular formula is C14H13N3O3S2. The fourth-order valence-corrected chi connectivity index (χ4v) is 3.40. The van der Waals surface area contributed by atoms with Crippen molar-refractivity contribution in [1.29, 1.82) is 0 Å². The van der Waals surface area contributed by atoms with Gasteiger partial charge in [-0.15, -0.1) is 11.3 Å². The van der Waals surface area contributed by atoms with Crippen molar-refractivity contribution >= 4 is 49.1 Å². The van der Waals surface area contributed by atoms with Crippen molar-refractivity contribution in [2.24, 2.45) is 0 Å². The van der Waals surface area contributed by atoms with E-state index in [1.54, 1.807) is 19.4 Å². The number of hydrogen-bond acceptors (Lipinski definition) is 8. The Morgan fingerprint density at radius 1 is 1.32 bits per heavy atom. The van der Waals surface area contributed by atoms with Gasteiger partial charge in [-0.2, -0.15) is 0 Å². The second-order valence-corrected chi connectivity index (χ2v) is 6.12. The molecule has 8 heteroatoms. The van der Waals surface area contributed by atoms with Crippen molar-refractivity contribution in [1.82, 2.24) is 9.97 Å². The Morgan fingerprint density at radius 2 is 2.18 bits per heavy atom. The maximum Gasteiger partial charge on any atom is 0.357 e. The summed E-state index contributed by atoms with van der Waals surface area (Å²) in [5.74, 6) is 0.351. The van der Waals surface area contributed by atoms with Crippen LogP contribution < -0.4 is 10.1 Å². The van der Waals surface area contributed by atoms with Crippen LogP contribution in [0.3, 0.4) is 0 Å². The number of nitrogens with one attached hydrogen (secondary N) is 1. The maximum atomic E-state index is 11.6. The number of nitrogens with zero attached hydrogens (tertiary/aromatic N) is 2. The quantitative estimate of drug-likeness (QED) is 0.717. The number of esters is 1.